The van der Waals surface area contributed by atoms with Gasteiger partial charge in [0.2, 0.25) is 0 Å². The van der Waals surface area contributed by atoms with Gasteiger partial charge in [-0.3, -0.25) is 9.97 Å². The fraction of sp³-hybridized carbons (Fsp3) is 0.667. The highest BCUT2D eigenvalue weighted by Crippen LogP contribution is 2.16. The zero-order chi connectivity index (χ0) is 15.1. The Balaban J connectivity index is 2.61. The minimum absolute atomic E-state index is 0.0662. The van der Waals surface area contributed by atoms with E-state index in [-0.39, 0.29) is 12.3 Å². The lowest BCUT2D eigenvalue weighted by Crippen LogP contribution is -2.35. The van der Waals surface area contributed by atoms with Crippen molar-refractivity contribution < 1.29 is 30.6 Å². The van der Waals surface area contributed by atoms with E-state index >= 15 is 0 Å². The first-order valence-corrected chi connectivity index (χ1v) is 6.24. The molecule has 0 saturated heterocycles. The van der Waals surface area contributed by atoms with Crippen LogP contribution in [0.1, 0.15) is 23.9 Å². The predicted molar refractivity (Wildman–Crippen MR) is 67.5 cm³/mol. The van der Waals surface area contributed by atoms with Gasteiger partial charge in [-0.25, -0.2) is 0 Å². The molecule has 114 valence electrons. The van der Waals surface area contributed by atoms with Crippen LogP contribution in [-0.2, 0) is 6.42 Å². The molecule has 0 radical (unpaired) electrons. The summed E-state index contributed by atoms with van der Waals surface area (Å²) < 4.78 is 0. The normalized spacial score (nSPS) is 17.5. The van der Waals surface area contributed by atoms with E-state index in [1.54, 1.807) is 0 Å². The number of aromatic nitrogens is 2. The lowest BCUT2D eigenvalue weighted by atomic mass is 10.1. The van der Waals surface area contributed by atoms with Gasteiger partial charge in [0, 0.05) is 6.20 Å². The highest BCUT2D eigenvalue weighted by molar-refractivity contribution is 5.07. The quantitative estimate of drug-likeness (QED) is 0.308. The maximum absolute atomic E-state index is 9.74. The Hall–Kier alpha value is -1.16. The fourth-order valence-electron chi connectivity index (χ4n) is 1.55. The van der Waals surface area contributed by atoms with E-state index < -0.39 is 31.0 Å². The number of hydrogen-bond acceptors (Lipinski definition) is 8. The molecule has 6 N–H and O–H groups in total. The number of aliphatic hydroxyl groups is 6. The third-order valence-electron chi connectivity index (χ3n) is 2.88. The van der Waals surface area contributed by atoms with E-state index in [0.29, 0.717) is 18.5 Å². The van der Waals surface area contributed by atoms with Crippen molar-refractivity contribution in [3.63, 3.8) is 0 Å². The van der Waals surface area contributed by atoms with Crippen molar-refractivity contribution in [2.45, 2.75) is 37.3 Å². The van der Waals surface area contributed by atoms with Crippen LogP contribution in [0.25, 0.3) is 0 Å². The summed E-state index contributed by atoms with van der Waals surface area (Å²) in [5, 5.41) is 55.1. The van der Waals surface area contributed by atoms with Crippen molar-refractivity contribution in [2.75, 3.05) is 13.2 Å². The smallest absolute Gasteiger partial charge is 0.126 e. The van der Waals surface area contributed by atoms with Crippen molar-refractivity contribution in [1.82, 2.24) is 9.97 Å². The van der Waals surface area contributed by atoms with Gasteiger partial charge in [-0.15, -0.1) is 0 Å². The van der Waals surface area contributed by atoms with E-state index in [0.717, 1.165) is 0 Å². The molecule has 1 aromatic rings. The first-order chi connectivity index (χ1) is 9.49. The van der Waals surface area contributed by atoms with Gasteiger partial charge >= 0.3 is 0 Å². The summed E-state index contributed by atoms with van der Waals surface area (Å²) in [6.07, 6.45) is -1.93. The van der Waals surface area contributed by atoms with Gasteiger partial charge in [0.25, 0.3) is 0 Å². The van der Waals surface area contributed by atoms with Crippen LogP contribution in [0, 0.1) is 0 Å². The molecule has 0 aromatic carbocycles. The first-order valence-electron chi connectivity index (χ1n) is 6.24. The van der Waals surface area contributed by atoms with E-state index in [1.165, 1.54) is 12.4 Å². The first kappa shape index (κ1) is 16.9. The molecule has 20 heavy (non-hydrogen) atoms. The number of aliphatic hydroxyl groups excluding tert-OH is 6. The van der Waals surface area contributed by atoms with Crippen LogP contribution in [0.5, 0.6) is 0 Å². The molecule has 0 aliphatic heterocycles. The lowest BCUT2D eigenvalue weighted by molar-refractivity contribution is -0.0790. The Kier molecular flexibility index (Phi) is 6.93. The summed E-state index contributed by atoms with van der Waals surface area (Å²) in [7, 11) is 0. The van der Waals surface area contributed by atoms with Crippen molar-refractivity contribution >= 4 is 0 Å². The highest BCUT2D eigenvalue weighted by Gasteiger charge is 2.26. The minimum atomic E-state index is -1.56. The summed E-state index contributed by atoms with van der Waals surface area (Å²) in [5.74, 6) is 0. The summed E-state index contributed by atoms with van der Waals surface area (Å²) >= 11 is 0. The molecule has 0 unspecified atom stereocenters. The zero-order valence-corrected chi connectivity index (χ0v) is 10.9. The predicted octanol–water partition coefficient (Wildman–Crippen LogP) is -2.49. The Labute approximate surface area is 116 Å². The summed E-state index contributed by atoms with van der Waals surface area (Å²) in [6, 6.07) is 0. The van der Waals surface area contributed by atoms with Gasteiger partial charge in [-0.05, 0) is 12.8 Å². The average Bonchev–Trinajstić information content (AvgIpc) is 2.50. The number of nitrogens with zero attached hydrogens (tertiary/aromatic N) is 2. The third-order valence-corrected chi connectivity index (χ3v) is 2.88. The van der Waals surface area contributed by atoms with Gasteiger partial charge in [-0.2, -0.15) is 0 Å². The second kappa shape index (κ2) is 8.20. The van der Waals surface area contributed by atoms with Gasteiger partial charge in [0.1, 0.15) is 18.3 Å². The molecular formula is C12H20N2O6. The summed E-state index contributed by atoms with van der Waals surface area (Å²) in [5.41, 5.74) is 0.627. The largest absolute Gasteiger partial charge is 0.394 e. The van der Waals surface area contributed by atoms with Gasteiger partial charge in [0.15, 0.2) is 0 Å². The van der Waals surface area contributed by atoms with Crippen LogP contribution in [0.15, 0.2) is 12.4 Å². The Morgan fingerprint density at radius 2 is 1.65 bits per heavy atom. The molecule has 0 bridgehead atoms. The summed E-state index contributed by atoms with van der Waals surface area (Å²) in [4.78, 5) is 7.91. The van der Waals surface area contributed by atoms with Crippen molar-refractivity contribution in [3.05, 3.63) is 23.8 Å². The molecule has 8 nitrogen and oxygen atoms in total. The fourth-order valence-corrected chi connectivity index (χ4v) is 1.55. The standard InChI is InChI=1S/C12H20N2O6/c15-5-8(17)2-1-7-3-14-9(4-13-7)11(19)12(20)10(18)6-16/h3-4,8,10-12,15-20H,1-2,5-6H2/t8-,10+,11+,12+/m0/s1. The Morgan fingerprint density at radius 1 is 0.950 bits per heavy atom. The van der Waals surface area contributed by atoms with Crippen molar-refractivity contribution in [3.8, 4) is 0 Å². The summed E-state index contributed by atoms with van der Waals surface area (Å²) in [6.45, 7) is -1.00. The molecular weight excluding hydrogens is 268 g/mol. The van der Waals surface area contributed by atoms with Crippen LogP contribution in [0.4, 0.5) is 0 Å². The van der Waals surface area contributed by atoms with Gasteiger partial charge in [-0.1, -0.05) is 0 Å². The molecule has 1 rings (SSSR count). The average molecular weight is 288 g/mol. The van der Waals surface area contributed by atoms with Crippen LogP contribution in [0.2, 0.25) is 0 Å². The maximum atomic E-state index is 9.74. The van der Waals surface area contributed by atoms with E-state index in [4.69, 9.17) is 10.2 Å². The molecule has 0 aliphatic carbocycles. The number of aryl methyl sites for hydroxylation is 1. The van der Waals surface area contributed by atoms with E-state index in [2.05, 4.69) is 9.97 Å². The van der Waals surface area contributed by atoms with Crippen molar-refractivity contribution in [2.24, 2.45) is 0 Å². The number of rotatable bonds is 8. The lowest BCUT2D eigenvalue weighted by Gasteiger charge is -2.20. The van der Waals surface area contributed by atoms with Gasteiger partial charge < -0.3 is 30.6 Å². The van der Waals surface area contributed by atoms with Crippen molar-refractivity contribution in [1.29, 1.82) is 0 Å². The molecule has 4 atom stereocenters. The van der Waals surface area contributed by atoms with E-state index in [9.17, 15) is 20.4 Å². The molecule has 0 amide bonds. The van der Waals surface area contributed by atoms with Crippen LogP contribution >= 0.6 is 0 Å². The second-order valence-corrected chi connectivity index (χ2v) is 4.49. The monoisotopic (exact) mass is 288 g/mol. The Bertz CT molecular complexity index is 388. The van der Waals surface area contributed by atoms with Crippen LogP contribution in [0.3, 0.4) is 0 Å². The molecule has 0 fully saturated rings. The molecule has 0 aliphatic rings. The molecule has 1 aromatic heterocycles. The van der Waals surface area contributed by atoms with E-state index in [1.807, 2.05) is 0 Å². The zero-order valence-electron chi connectivity index (χ0n) is 10.9. The SMILES string of the molecule is OC[C@@H](O)CCc1cnc([C@@H](O)[C@H](O)[C@H](O)CO)cn1. The van der Waals surface area contributed by atoms with Crippen LogP contribution in [-0.4, -0.2) is 72.1 Å². The molecule has 8 heteroatoms. The third kappa shape index (κ3) is 4.75. The molecule has 1 heterocycles. The van der Waals surface area contributed by atoms with Gasteiger partial charge in [0.05, 0.1) is 36.9 Å². The maximum Gasteiger partial charge on any atom is 0.126 e. The minimum Gasteiger partial charge on any atom is -0.394 e. The highest BCUT2D eigenvalue weighted by atomic mass is 16.4. The second-order valence-electron chi connectivity index (χ2n) is 4.49. The topological polar surface area (TPSA) is 147 Å². The Morgan fingerprint density at radius 3 is 2.15 bits per heavy atom. The number of hydrogen-bond donors (Lipinski definition) is 6. The molecule has 0 saturated carbocycles. The molecule has 0 spiro atoms. The van der Waals surface area contributed by atoms with Crippen LogP contribution < -0.4 is 0 Å².